The van der Waals surface area contributed by atoms with E-state index >= 15 is 0 Å². The molecule has 1 saturated heterocycles. The van der Waals surface area contributed by atoms with Gasteiger partial charge >= 0.3 is 11.8 Å². The fourth-order valence-electron chi connectivity index (χ4n) is 1.69. The van der Waals surface area contributed by atoms with Crippen molar-refractivity contribution in [3.63, 3.8) is 0 Å². The van der Waals surface area contributed by atoms with Crippen molar-refractivity contribution in [2.75, 3.05) is 6.61 Å². The fraction of sp³-hybridized carbons (Fsp3) is 0.889. The number of carbonyl (C=O) groups is 1. The zero-order valence-corrected chi connectivity index (χ0v) is 9.43. The van der Waals surface area contributed by atoms with Gasteiger partial charge in [0.25, 0.3) is 0 Å². The minimum absolute atomic E-state index is 1.00. The largest absolute Gasteiger partial charge is 0.477 e. The first kappa shape index (κ1) is 16.1. The molecule has 112 valence electrons. The molecule has 0 spiro atoms. The van der Waals surface area contributed by atoms with E-state index < -0.39 is 55.1 Å². The summed E-state index contributed by atoms with van der Waals surface area (Å²) in [6, 6.07) is 0. The van der Waals surface area contributed by atoms with E-state index in [0.717, 1.165) is 0 Å². The lowest BCUT2D eigenvalue weighted by Crippen LogP contribution is -2.67. The smallest absolute Gasteiger partial charge is 0.372 e. The van der Waals surface area contributed by atoms with Crippen LogP contribution >= 0.6 is 0 Å². The number of aliphatic hydroxyl groups is 5. The van der Waals surface area contributed by atoms with Gasteiger partial charge < -0.3 is 35.4 Å². The lowest BCUT2D eigenvalue weighted by Gasteiger charge is -2.43. The summed E-state index contributed by atoms with van der Waals surface area (Å²) in [5.41, 5.74) is 0. The van der Waals surface area contributed by atoms with Gasteiger partial charge in [-0.05, 0) is 0 Å². The average Bonchev–Trinajstić information content (AvgIpc) is 2.38. The minimum atomic E-state index is -3.99. The SMILES string of the molecule is O=C(O)[C@]1(F)OC([C@H](O)[C@H](O)CO)[C@H](O)C(O)C1F. The second-order valence-electron chi connectivity index (χ2n) is 4.16. The molecule has 0 radical (unpaired) electrons. The van der Waals surface area contributed by atoms with Crippen LogP contribution in [-0.2, 0) is 9.53 Å². The summed E-state index contributed by atoms with van der Waals surface area (Å²) in [5, 5.41) is 54.3. The lowest BCUT2D eigenvalue weighted by molar-refractivity contribution is -0.313. The monoisotopic (exact) mass is 288 g/mol. The molecular weight excluding hydrogens is 274 g/mol. The number of carboxylic acids is 1. The number of aliphatic hydroxyl groups excluding tert-OH is 5. The number of hydrogen-bond acceptors (Lipinski definition) is 7. The average molecular weight is 288 g/mol. The Bertz CT molecular complexity index is 338. The Balaban J connectivity index is 3.04. The van der Waals surface area contributed by atoms with Crippen LogP contribution in [0.1, 0.15) is 0 Å². The molecule has 1 rings (SSSR count). The van der Waals surface area contributed by atoms with Crippen LogP contribution in [0.25, 0.3) is 0 Å². The molecule has 0 aromatic heterocycles. The van der Waals surface area contributed by atoms with Gasteiger partial charge in [0.2, 0.25) is 0 Å². The molecule has 0 bridgehead atoms. The Kier molecular flexibility index (Phi) is 4.76. The Labute approximate surface area is 105 Å². The van der Waals surface area contributed by atoms with Gasteiger partial charge in [-0.25, -0.2) is 9.18 Å². The van der Waals surface area contributed by atoms with Crippen LogP contribution in [0, 0.1) is 0 Å². The van der Waals surface area contributed by atoms with Crippen LogP contribution in [0.2, 0.25) is 0 Å². The third-order valence-electron chi connectivity index (χ3n) is 2.86. The third-order valence-corrected chi connectivity index (χ3v) is 2.86. The second-order valence-corrected chi connectivity index (χ2v) is 4.16. The first-order chi connectivity index (χ1) is 8.66. The van der Waals surface area contributed by atoms with Gasteiger partial charge in [-0.15, -0.1) is 0 Å². The van der Waals surface area contributed by atoms with Crippen LogP contribution in [0.5, 0.6) is 0 Å². The van der Waals surface area contributed by atoms with E-state index in [0.29, 0.717) is 0 Å². The molecule has 8 nitrogen and oxygen atoms in total. The highest BCUT2D eigenvalue weighted by Crippen LogP contribution is 2.35. The zero-order valence-electron chi connectivity index (χ0n) is 9.43. The van der Waals surface area contributed by atoms with E-state index in [1.807, 2.05) is 0 Å². The minimum Gasteiger partial charge on any atom is -0.477 e. The van der Waals surface area contributed by atoms with Gasteiger partial charge in [0.15, 0.2) is 6.17 Å². The number of alkyl halides is 2. The van der Waals surface area contributed by atoms with Crippen molar-refractivity contribution >= 4 is 5.97 Å². The molecule has 3 unspecified atom stereocenters. The number of rotatable bonds is 4. The number of carboxylic acid groups (broad SMARTS) is 1. The van der Waals surface area contributed by atoms with E-state index in [2.05, 4.69) is 4.74 Å². The Hall–Kier alpha value is -0.910. The second kappa shape index (κ2) is 5.61. The summed E-state index contributed by atoms with van der Waals surface area (Å²) in [5.74, 6) is -6.39. The van der Waals surface area contributed by atoms with Crippen molar-refractivity contribution in [1.29, 1.82) is 0 Å². The van der Waals surface area contributed by atoms with Gasteiger partial charge in [0.1, 0.15) is 30.5 Å². The Morgan fingerprint density at radius 1 is 1.32 bits per heavy atom. The predicted octanol–water partition coefficient (Wildman–Crippen LogP) is -3.09. The molecule has 7 atom stereocenters. The normalized spacial score (nSPS) is 42.7. The van der Waals surface area contributed by atoms with Crippen LogP contribution in [0.3, 0.4) is 0 Å². The molecule has 0 aliphatic carbocycles. The number of aliphatic carboxylic acids is 1. The highest BCUT2D eigenvalue weighted by atomic mass is 19.2. The molecule has 0 amide bonds. The van der Waals surface area contributed by atoms with Crippen LogP contribution in [0.4, 0.5) is 8.78 Å². The summed E-state index contributed by atoms with van der Waals surface area (Å²) >= 11 is 0. The highest BCUT2D eigenvalue weighted by molar-refractivity contribution is 5.76. The topological polar surface area (TPSA) is 148 Å². The van der Waals surface area contributed by atoms with Crippen molar-refractivity contribution < 1.29 is 49.0 Å². The van der Waals surface area contributed by atoms with Crippen molar-refractivity contribution in [2.45, 2.75) is 42.5 Å². The van der Waals surface area contributed by atoms with Gasteiger partial charge in [-0.2, -0.15) is 4.39 Å². The van der Waals surface area contributed by atoms with Gasteiger partial charge in [-0.3, -0.25) is 0 Å². The molecule has 10 heteroatoms. The standard InChI is InChI=1S/C9H14F2O8/c10-7-5(16)4(15)6(3(14)2(13)1-12)19-9(7,11)8(17)18/h2-7,12-16H,1H2,(H,17,18)/t2-,3-,4-,5?,6?,7?,9-/m1/s1. The maximum atomic E-state index is 13.8. The Morgan fingerprint density at radius 3 is 2.26 bits per heavy atom. The molecule has 1 heterocycles. The van der Waals surface area contributed by atoms with Gasteiger partial charge in [0, 0.05) is 0 Å². The van der Waals surface area contributed by atoms with Crippen LogP contribution in [-0.4, -0.2) is 85.8 Å². The quantitative estimate of drug-likeness (QED) is 0.319. The zero-order chi connectivity index (χ0) is 15.0. The highest BCUT2D eigenvalue weighted by Gasteiger charge is 2.62. The summed E-state index contributed by atoms with van der Waals surface area (Å²) in [7, 11) is 0. The molecule has 1 aliphatic rings. The molecule has 1 fully saturated rings. The lowest BCUT2D eigenvalue weighted by atomic mass is 9.90. The predicted molar refractivity (Wildman–Crippen MR) is 52.4 cm³/mol. The summed E-state index contributed by atoms with van der Waals surface area (Å²) in [6.45, 7) is -1.00. The fourth-order valence-corrected chi connectivity index (χ4v) is 1.69. The molecule has 0 saturated carbocycles. The molecule has 1 aliphatic heterocycles. The molecular formula is C9H14F2O8. The molecule has 0 aromatic rings. The maximum Gasteiger partial charge on any atom is 0.372 e. The van der Waals surface area contributed by atoms with Gasteiger partial charge in [0.05, 0.1) is 6.61 Å². The maximum absolute atomic E-state index is 13.8. The van der Waals surface area contributed by atoms with Crippen LogP contribution < -0.4 is 0 Å². The van der Waals surface area contributed by atoms with Crippen molar-refractivity contribution in [2.24, 2.45) is 0 Å². The summed E-state index contributed by atoms with van der Waals surface area (Å²) in [4.78, 5) is 10.6. The Morgan fingerprint density at radius 2 is 1.84 bits per heavy atom. The first-order valence-corrected chi connectivity index (χ1v) is 5.24. The van der Waals surface area contributed by atoms with E-state index in [1.54, 1.807) is 0 Å². The van der Waals surface area contributed by atoms with E-state index in [9.17, 15) is 28.9 Å². The van der Waals surface area contributed by atoms with Gasteiger partial charge in [-0.1, -0.05) is 0 Å². The molecule has 0 aromatic carbocycles. The molecule has 19 heavy (non-hydrogen) atoms. The number of halogens is 2. The number of ether oxygens (including phenoxy) is 1. The summed E-state index contributed by atoms with van der Waals surface area (Å²) in [6.07, 6.45) is -13.9. The first-order valence-electron chi connectivity index (χ1n) is 5.24. The van der Waals surface area contributed by atoms with Crippen LogP contribution in [0.15, 0.2) is 0 Å². The molecule has 6 N–H and O–H groups in total. The number of hydrogen-bond donors (Lipinski definition) is 6. The van der Waals surface area contributed by atoms with Crippen molar-refractivity contribution in [3.8, 4) is 0 Å². The van der Waals surface area contributed by atoms with E-state index in [1.165, 1.54) is 0 Å². The third kappa shape index (κ3) is 2.68. The summed E-state index contributed by atoms with van der Waals surface area (Å²) < 4.78 is 31.3. The van der Waals surface area contributed by atoms with Crippen molar-refractivity contribution in [1.82, 2.24) is 0 Å². The van der Waals surface area contributed by atoms with Crippen molar-refractivity contribution in [3.05, 3.63) is 0 Å². The van der Waals surface area contributed by atoms with E-state index in [4.69, 9.17) is 15.3 Å². The van der Waals surface area contributed by atoms with E-state index in [-0.39, 0.29) is 0 Å².